The number of benzene rings is 1. The van der Waals surface area contributed by atoms with Crippen molar-refractivity contribution in [1.82, 2.24) is 15.0 Å². The van der Waals surface area contributed by atoms with Gasteiger partial charge in [-0.3, -0.25) is 9.78 Å². The number of nitrogens with zero attached hydrogens (tertiary/aromatic N) is 3. The molecule has 180 valence electrons. The Morgan fingerprint density at radius 2 is 2.09 bits per heavy atom. The minimum absolute atomic E-state index is 0.0224. The number of H-pyrrole nitrogens is 1. The molecule has 5 N–H and O–H groups in total. The number of aromatic nitrogens is 3. The van der Waals surface area contributed by atoms with Crippen LogP contribution >= 0.6 is 11.6 Å². The number of aromatic amines is 1. The molecule has 2 aromatic heterocycles. The molecule has 0 bridgehead atoms. The Kier molecular flexibility index (Phi) is 6.13. The van der Waals surface area contributed by atoms with Crippen molar-refractivity contribution in [3.63, 3.8) is 0 Å². The van der Waals surface area contributed by atoms with Crippen molar-refractivity contribution in [1.29, 1.82) is 0 Å². The van der Waals surface area contributed by atoms with Crippen LogP contribution in [0.15, 0.2) is 41.5 Å². The third kappa shape index (κ3) is 4.33. The number of hydrogen-bond acceptors (Lipinski definition) is 7. The largest absolute Gasteiger partial charge is 0.497 e. The summed E-state index contributed by atoms with van der Waals surface area (Å²) in [4.78, 5) is 26.1. The molecule has 9 heteroatoms. The number of nitrogens with two attached hydrogens (primary N) is 2. The molecule has 2 aliphatic rings. The standard InChI is InChI=1S/C26H27ClN6O2/c1-35-19-6-5-17-14-26(22(28)20(17)13-19)8-11-33(12-9-26)25-31-15-18(24(34)32-25)4-2-3-16-7-10-30-23(29)21(16)27/h5-7,10,13,15,22H,3,8-9,11-12,14,28H2,1H3,(H2,29,30)(H,31,32,34)/t22-/m1/s1. The fourth-order valence-corrected chi connectivity index (χ4v) is 5.31. The van der Waals surface area contributed by atoms with Crippen LogP contribution in [0.3, 0.4) is 0 Å². The topological polar surface area (TPSA) is 123 Å². The number of fused-ring (bicyclic) bond motifs is 1. The number of nitrogens with one attached hydrogen (secondary N) is 1. The van der Waals surface area contributed by atoms with Crippen LogP contribution < -0.4 is 26.7 Å². The number of hydrogen-bond donors (Lipinski definition) is 3. The second-order valence-electron chi connectivity index (χ2n) is 9.17. The Morgan fingerprint density at radius 3 is 2.83 bits per heavy atom. The monoisotopic (exact) mass is 490 g/mol. The quantitative estimate of drug-likeness (QED) is 0.482. The molecule has 0 radical (unpaired) electrons. The lowest BCUT2D eigenvalue weighted by Crippen LogP contribution is -2.45. The third-order valence-electron chi connectivity index (χ3n) is 7.23. The number of methoxy groups -OCH3 is 1. The number of ether oxygens (including phenoxy) is 1. The molecule has 35 heavy (non-hydrogen) atoms. The van der Waals surface area contributed by atoms with Crippen molar-refractivity contribution < 1.29 is 4.74 Å². The maximum absolute atomic E-state index is 12.6. The molecule has 1 aromatic carbocycles. The van der Waals surface area contributed by atoms with Crippen LogP contribution in [0.2, 0.25) is 5.02 Å². The highest BCUT2D eigenvalue weighted by atomic mass is 35.5. The van der Waals surface area contributed by atoms with Crippen molar-refractivity contribution in [2.24, 2.45) is 11.1 Å². The SMILES string of the molecule is COc1ccc2c(c1)[C@@H](N)C1(CCN(c3ncc(C#CCc4ccnc(N)c4Cl)c(=O)[nH]3)CC1)C2. The summed E-state index contributed by atoms with van der Waals surface area (Å²) in [6, 6.07) is 7.93. The fraction of sp³-hybridized carbons (Fsp3) is 0.346. The van der Waals surface area contributed by atoms with Gasteiger partial charge in [0.1, 0.15) is 17.1 Å². The van der Waals surface area contributed by atoms with Crippen molar-refractivity contribution in [3.8, 4) is 17.6 Å². The molecule has 0 amide bonds. The molecule has 0 unspecified atom stereocenters. The average molecular weight is 491 g/mol. The molecule has 3 aromatic rings. The Bertz CT molecular complexity index is 1380. The number of nitrogen functional groups attached to an aromatic ring is 1. The molecule has 3 heterocycles. The number of rotatable bonds is 3. The van der Waals surface area contributed by atoms with Gasteiger partial charge < -0.3 is 21.1 Å². The molecule has 1 aliphatic carbocycles. The van der Waals surface area contributed by atoms with E-state index in [0.717, 1.165) is 43.7 Å². The highest BCUT2D eigenvalue weighted by Gasteiger charge is 2.46. The molecular formula is C26H27ClN6O2. The van der Waals surface area contributed by atoms with Gasteiger partial charge in [-0.2, -0.15) is 0 Å². The van der Waals surface area contributed by atoms with E-state index in [9.17, 15) is 4.79 Å². The summed E-state index contributed by atoms with van der Waals surface area (Å²) in [7, 11) is 1.67. The van der Waals surface area contributed by atoms with E-state index >= 15 is 0 Å². The van der Waals surface area contributed by atoms with Gasteiger partial charge in [0.05, 0.1) is 18.3 Å². The van der Waals surface area contributed by atoms with Crippen molar-refractivity contribution >= 4 is 23.4 Å². The predicted molar refractivity (Wildman–Crippen MR) is 137 cm³/mol. The van der Waals surface area contributed by atoms with Gasteiger partial charge >= 0.3 is 0 Å². The summed E-state index contributed by atoms with van der Waals surface area (Å²) in [5.41, 5.74) is 15.8. The second kappa shape index (κ2) is 9.25. The van der Waals surface area contributed by atoms with Gasteiger partial charge in [-0.05, 0) is 59.6 Å². The van der Waals surface area contributed by atoms with E-state index in [1.807, 2.05) is 6.07 Å². The van der Waals surface area contributed by atoms with Crippen LogP contribution in [0.1, 0.15) is 41.1 Å². The van der Waals surface area contributed by atoms with Gasteiger partial charge in [-0.25, -0.2) is 9.97 Å². The molecule has 1 atom stereocenters. The summed E-state index contributed by atoms with van der Waals surface area (Å²) >= 11 is 6.15. The lowest BCUT2D eigenvalue weighted by atomic mass is 9.73. The van der Waals surface area contributed by atoms with E-state index in [-0.39, 0.29) is 22.8 Å². The zero-order chi connectivity index (χ0) is 24.6. The lowest BCUT2D eigenvalue weighted by Gasteiger charge is -2.42. The fourth-order valence-electron chi connectivity index (χ4n) is 5.13. The predicted octanol–water partition coefficient (Wildman–Crippen LogP) is 2.85. The maximum atomic E-state index is 12.6. The van der Waals surface area contributed by atoms with Gasteiger partial charge in [-0.15, -0.1) is 0 Å². The molecule has 0 saturated carbocycles. The van der Waals surface area contributed by atoms with Gasteiger partial charge in [0.15, 0.2) is 0 Å². The summed E-state index contributed by atoms with van der Waals surface area (Å²) in [6.07, 6.45) is 6.27. The van der Waals surface area contributed by atoms with E-state index in [1.54, 1.807) is 19.4 Å². The summed E-state index contributed by atoms with van der Waals surface area (Å²) in [5.74, 6) is 7.51. The van der Waals surface area contributed by atoms with Crippen LogP contribution in [0.5, 0.6) is 5.75 Å². The minimum Gasteiger partial charge on any atom is -0.497 e. The van der Waals surface area contributed by atoms with Crippen molar-refractivity contribution in [2.75, 3.05) is 30.8 Å². The minimum atomic E-state index is -0.264. The summed E-state index contributed by atoms with van der Waals surface area (Å²) in [5, 5.41) is 0.385. The van der Waals surface area contributed by atoms with Gasteiger partial charge in [0.25, 0.3) is 5.56 Å². The highest BCUT2D eigenvalue weighted by Crippen LogP contribution is 2.51. The maximum Gasteiger partial charge on any atom is 0.268 e. The van der Waals surface area contributed by atoms with E-state index < -0.39 is 0 Å². The first-order chi connectivity index (χ1) is 16.9. The summed E-state index contributed by atoms with van der Waals surface area (Å²) < 4.78 is 5.39. The highest BCUT2D eigenvalue weighted by molar-refractivity contribution is 6.33. The van der Waals surface area contributed by atoms with Gasteiger partial charge in [0.2, 0.25) is 5.95 Å². The van der Waals surface area contributed by atoms with E-state index in [2.05, 4.69) is 43.8 Å². The second-order valence-corrected chi connectivity index (χ2v) is 9.54. The Morgan fingerprint density at radius 1 is 1.29 bits per heavy atom. The zero-order valence-electron chi connectivity index (χ0n) is 19.5. The van der Waals surface area contributed by atoms with E-state index in [0.29, 0.717) is 23.0 Å². The smallest absolute Gasteiger partial charge is 0.268 e. The average Bonchev–Trinajstić information content (AvgIpc) is 3.13. The first kappa shape index (κ1) is 23.2. The molecular weight excluding hydrogens is 464 g/mol. The number of anilines is 2. The van der Waals surface area contributed by atoms with Crippen LogP contribution in [-0.2, 0) is 12.8 Å². The van der Waals surface area contributed by atoms with Crippen molar-refractivity contribution in [2.45, 2.75) is 31.7 Å². The van der Waals surface area contributed by atoms with Crippen LogP contribution in [0, 0.1) is 17.3 Å². The zero-order valence-corrected chi connectivity index (χ0v) is 20.2. The van der Waals surface area contributed by atoms with Gasteiger partial charge in [0, 0.05) is 31.7 Å². The third-order valence-corrected chi connectivity index (χ3v) is 7.67. The Hall–Kier alpha value is -3.54. The lowest BCUT2D eigenvalue weighted by molar-refractivity contribution is 0.187. The molecule has 8 nitrogen and oxygen atoms in total. The summed E-state index contributed by atoms with van der Waals surface area (Å²) in [6.45, 7) is 1.55. The van der Waals surface area contributed by atoms with Gasteiger partial charge in [-0.1, -0.05) is 29.5 Å². The molecule has 1 aliphatic heterocycles. The van der Waals surface area contributed by atoms with Crippen LogP contribution in [0.25, 0.3) is 0 Å². The van der Waals surface area contributed by atoms with E-state index in [1.165, 1.54) is 17.3 Å². The first-order valence-electron chi connectivity index (χ1n) is 11.5. The van der Waals surface area contributed by atoms with Crippen LogP contribution in [0.4, 0.5) is 11.8 Å². The van der Waals surface area contributed by atoms with E-state index in [4.69, 9.17) is 27.8 Å². The number of piperidine rings is 1. The molecule has 1 saturated heterocycles. The Balaban J connectivity index is 1.25. The number of pyridine rings is 1. The molecule has 5 rings (SSSR count). The van der Waals surface area contributed by atoms with Crippen LogP contribution in [-0.4, -0.2) is 35.2 Å². The van der Waals surface area contributed by atoms with Crippen molar-refractivity contribution in [3.05, 3.63) is 74.3 Å². The molecule has 1 spiro atoms. The Labute approximate surface area is 208 Å². The number of halogens is 1. The normalized spacial score (nSPS) is 18.1. The first-order valence-corrected chi connectivity index (χ1v) is 11.9. The molecule has 1 fully saturated rings.